The average molecular weight is 331 g/mol. The zero-order valence-corrected chi connectivity index (χ0v) is 14.3. The predicted molar refractivity (Wildman–Crippen MR) is 89.4 cm³/mol. The van der Waals surface area contributed by atoms with Crippen LogP contribution in [0.25, 0.3) is 0 Å². The number of thiophene rings is 1. The van der Waals surface area contributed by atoms with Crippen molar-refractivity contribution in [2.24, 2.45) is 0 Å². The first-order valence-electron chi connectivity index (χ1n) is 7.87. The summed E-state index contributed by atoms with van der Waals surface area (Å²) < 4.78 is 5.86. The van der Waals surface area contributed by atoms with Gasteiger partial charge >= 0.3 is 0 Å². The van der Waals surface area contributed by atoms with Gasteiger partial charge in [-0.1, -0.05) is 0 Å². The van der Waals surface area contributed by atoms with Crippen molar-refractivity contribution in [2.75, 3.05) is 6.61 Å². The van der Waals surface area contributed by atoms with Gasteiger partial charge in [-0.3, -0.25) is 4.79 Å². The van der Waals surface area contributed by atoms with Crippen LogP contribution in [0.4, 0.5) is 0 Å². The van der Waals surface area contributed by atoms with Gasteiger partial charge in [0.15, 0.2) is 5.82 Å². The highest BCUT2D eigenvalue weighted by Crippen LogP contribution is 2.32. The van der Waals surface area contributed by atoms with Gasteiger partial charge in [-0.05, 0) is 45.2 Å². The van der Waals surface area contributed by atoms with Gasteiger partial charge in [-0.25, -0.2) is 9.97 Å². The molecule has 1 atom stereocenters. The Kier molecular flexibility index (Phi) is 4.73. The number of carbonyl (C=O) groups excluding carboxylic acids is 1. The van der Waals surface area contributed by atoms with Crippen LogP contribution in [0.2, 0.25) is 0 Å². The number of nitrogens with zero attached hydrogens (tertiary/aromatic N) is 2. The summed E-state index contributed by atoms with van der Waals surface area (Å²) in [7, 11) is 0. The molecule has 0 aliphatic carbocycles. The molecule has 0 saturated carbocycles. The molecule has 0 unspecified atom stereocenters. The van der Waals surface area contributed by atoms with Gasteiger partial charge in [0, 0.05) is 36.0 Å². The van der Waals surface area contributed by atoms with E-state index in [0.717, 1.165) is 47.0 Å². The van der Waals surface area contributed by atoms with Crippen molar-refractivity contribution in [1.82, 2.24) is 15.3 Å². The Labute approximate surface area is 140 Å². The maximum atomic E-state index is 12.0. The lowest BCUT2D eigenvalue weighted by Crippen LogP contribution is -2.32. The predicted octanol–water partition coefficient (Wildman–Crippen LogP) is 3.19. The molecule has 0 aromatic carbocycles. The lowest BCUT2D eigenvalue weighted by molar-refractivity contribution is -0.0760. The van der Waals surface area contributed by atoms with Crippen molar-refractivity contribution in [1.29, 1.82) is 0 Å². The zero-order chi connectivity index (χ0) is 16.3. The first kappa shape index (κ1) is 16.1. The van der Waals surface area contributed by atoms with E-state index in [-0.39, 0.29) is 11.5 Å². The van der Waals surface area contributed by atoms with E-state index in [4.69, 9.17) is 4.74 Å². The minimum Gasteiger partial charge on any atom is -0.367 e. The van der Waals surface area contributed by atoms with Crippen LogP contribution in [-0.4, -0.2) is 22.5 Å². The third kappa shape index (κ3) is 3.76. The lowest BCUT2D eigenvalue weighted by atomic mass is 9.95. The molecular formula is C17H21N3O2S. The summed E-state index contributed by atoms with van der Waals surface area (Å²) in [6.45, 7) is 5.22. The largest absolute Gasteiger partial charge is 0.367 e. The zero-order valence-electron chi connectivity index (χ0n) is 13.5. The molecule has 0 spiro atoms. The van der Waals surface area contributed by atoms with E-state index in [1.54, 1.807) is 12.4 Å². The molecule has 0 bridgehead atoms. The molecule has 1 amide bonds. The number of aryl methyl sites for hydroxylation is 1. The van der Waals surface area contributed by atoms with Gasteiger partial charge in [0.25, 0.3) is 5.91 Å². The van der Waals surface area contributed by atoms with Crippen LogP contribution in [0.1, 0.15) is 52.1 Å². The second kappa shape index (κ2) is 6.76. The van der Waals surface area contributed by atoms with Gasteiger partial charge in [-0.2, -0.15) is 0 Å². The Morgan fingerprint density at radius 1 is 1.35 bits per heavy atom. The molecule has 2 aromatic heterocycles. The number of hydrogen-bond donors (Lipinski definition) is 1. The monoisotopic (exact) mass is 331 g/mol. The molecule has 5 nitrogen and oxygen atoms in total. The smallest absolute Gasteiger partial charge is 0.261 e. The molecule has 2 aromatic rings. The van der Waals surface area contributed by atoms with Crippen molar-refractivity contribution in [2.45, 2.75) is 45.3 Å². The van der Waals surface area contributed by atoms with E-state index in [1.165, 1.54) is 11.3 Å². The van der Waals surface area contributed by atoms with Crippen molar-refractivity contribution in [3.63, 3.8) is 0 Å². The van der Waals surface area contributed by atoms with E-state index in [2.05, 4.69) is 15.3 Å². The highest BCUT2D eigenvalue weighted by molar-refractivity contribution is 7.13. The quantitative estimate of drug-likeness (QED) is 0.934. The van der Waals surface area contributed by atoms with Crippen LogP contribution >= 0.6 is 11.3 Å². The van der Waals surface area contributed by atoms with Crippen LogP contribution in [0.3, 0.4) is 0 Å². The summed E-state index contributed by atoms with van der Waals surface area (Å²) in [5, 5.41) is 2.90. The normalized spacial score (nSPS) is 21.1. The summed E-state index contributed by atoms with van der Waals surface area (Å²) in [6, 6.07) is 3.79. The Morgan fingerprint density at radius 3 is 2.74 bits per heavy atom. The topological polar surface area (TPSA) is 64.1 Å². The summed E-state index contributed by atoms with van der Waals surface area (Å²) in [4.78, 5) is 22.8. The molecule has 1 saturated heterocycles. The highest BCUT2D eigenvalue weighted by Gasteiger charge is 2.32. The van der Waals surface area contributed by atoms with Crippen molar-refractivity contribution >= 4 is 17.2 Å². The first-order valence-corrected chi connectivity index (χ1v) is 8.68. The molecule has 1 fully saturated rings. The van der Waals surface area contributed by atoms with E-state index >= 15 is 0 Å². The maximum absolute atomic E-state index is 12.0. The first-order chi connectivity index (χ1) is 11.1. The lowest BCUT2D eigenvalue weighted by Gasteiger charge is -2.32. The van der Waals surface area contributed by atoms with E-state index < -0.39 is 0 Å². The number of amides is 1. The number of aromatic nitrogens is 2. The fourth-order valence-corrected chi connectivity index (χ4v) is 3.44. The number of hydrogen-bond acceptors (Lipinski definition) is 5. The Bertz CT molecular complexity index is 675. The minimum atomic E-state index is -0.380. The summed E-state index contributed by atoms with van der Waals surface area (Å²) in [5.74, 6) is 0.663. The number of nitrogens with one attached hydrogen (secondary N) is 1. The second-order valence-corrected chi connectivity index (χ2v) is 7.33. The van der Waals surface area contributed by atoms with E-state index in [1.807, 2.05) is 26.0 Å². The molecule has 122 valence electrons. The fourth-order valence-electron chi connectivity index (χ4n) is 2.66. The fraction of sp³-hybridized carbons (Fsp3) is 0.471. The molecular weight excluding hydrogens is 310 g/mol. The van der Waals surface area contributed by atoms with E-state index in [9.17, 15) is 4.79 Å². The van der Waals surface area contributed by atoms with Crippen LogP contribution in [0, 0.1) is 6.92 Å². The van der Waals surface area contributed by atoms with Gasteiger partial charge in [-0.15, -0.1) is 11.3 Å². The van der Waals surface area contributed by atoms with Crippen molar-refractivity contribution in [3.05, 3.63) is 45.7 Å². The standard InChI is InChI=1S/C17H21N3O2S/c1-12-5-6-14(23-12)15(21)18-9-13-10-19-16(20-11-13)17(2)7-3-4-8-22-17/h5-6,10-11H,3-4,7-9H2,1-2H3,(H,18,21)/t17-/m1/s1. The molecule has 1 aliphatic rings. The van der Waals surface area contributed by atoms with Crippen molar-refractivity contribution < 1.29 is 9.53 Å². The molecule has 6 heteroatoms. The Hall–Kier alpha value is -1.79. The van der Waals surface area contributed by atoms with Crippen LogP contribution in [0.15, 0.2) is 24.5 Å². The summed E-state index contributed by atoms with van der Waals surface area (Å²) >= 11 is 1.49. The highest BCUT2D eigenvalue weighted by atomic mass is 32.1. The molecule has 3 rings (SSSR count). The van der Waals surface area contributed by atoms with Crippen LogP contribution in [-0.2, 0) is 16.9 Å². The Balaban J connectivity index is 1.60. The summed E-state index contributed by atoms with van der Waals surface area (Å²) in [6.07, 6.45) is 6.72. The SMILES string of the molecule is Cc1ccc(C(=O)NCc2cnc([C@@]3(C)CCCCO3)nc2)s1. The molecule has 3 heterocycles. The second-order valence-electron chi connectivity index (χ2n) is 6.04. The van der Waals surface area contributed by atoms with Crippen molar-refractivity contribution in [3.8, 4) is 0 Å². The van der Waals surface area contributed by atoms with Gasteiger partial charge in [0.05, 0.1) is 4.88 Å². The molecule has 23 heavy (non-hydrogen) atoms. The minimum absolute atomic E-state index is 0.0604. The molecule has 0 radical (unpaired) electrons. The third-order valence-electron chi connectivity index (χ3n) is 4.06. The van der Waals surface area contributed by atoms with Gasteiger partial charge < -0.3 is 10.1 Å². The molecule has 1 N–H and O–H groups in total. The number of carbonyl (C=O) groups is 1. The number of ether oxygens (including phenoxy) is 1. The van der Waals surface area contributed by atoms with Gasteiger partial charge in [0.2, 0.25) is 0 Å². The van der Waals surface area contributed by atoms with E-state index in [0.29, 0.717) is 6.54 Å². The average Bonchev–Trinajstić information content (AvgIpc) is 3.00. The van der Waals surface area contributed by atoms with Crippen LogP contribution in [0.5, 0.6) is 0 Å². The van der Waals surface area contributed by atoms with Gasteiger partial charge in [0.1, 0.15) is 5.60 Å². The third-order valence-corrected chi connectivity index (χ3v) is 5.06. The molecule has 1 aliphatic heterocycles. The van der Waals surface area contributed by atoms with Crippen LogP contribution < -0.4 is 5.32 Å². The summed E-state index contributed by atoms with van der Waals surface area (Å²) in [5.41, 5.74) is 0.504. The Morgan fingerprint density at radius 2 is 2.13 bits per heavy atom. The maximum Gasteiger partial charge on any atom is 0.261 e. The number of rotatable bonds is 4.